The first kappa shape index (κ1) is 33.2. The van der Waals surface area contributed by atoms with Gasteiger partial charge in [0.1, 0.15) is 29.6 Å². The van der Waals surface area contributed by atoms with E-state index in [4.69, 9.17) is 14.2 Å². The number of hydrogen-bond acceptors (Lipinski definition) is 7. The number of methoxy groups -OCH3 is 1. The van der Waals surface area contributed by atoms with Gasteiger partial charge in [0.05, 0.1) is 18.3 Å². The molecule has 2 aromatic carbocycles. The first-order valence-corrected chi connectivity index (χ1v) is 15.6. The highest BCUT2D eigenvalue weighted by Gasteiger charge is 2.41. The number of carbonyl (C=O) groups is 2. The Hall–Kier alpha value is -4.22. The van der Waals surface area contributed by atoms with Crippen LogP contribution >= 0.6 is 0 Å². The van der Waals surface area contributed by atoms with Gasteiger partial charge in [0, 0.05) is 50.1 Å². The molecule has 1 saturated heterocycles. The van der Waals surface area contributed by atoms with E-state index in [2.05, 4.69) is 0 Å². The Labute approximate surface area is 268 Å². The molecular formula is C35H42FN3O7. The third-order valence-corrected chi connectivity index (χ3v) is 8.74. The summed E-state index contributed by atoms with van der Waals surface area (Å²) in [4.78, 5) is 41.4. The van der Waals surface area contributed by atoms with Crippen molar-refractivity contribution < 1.29 is 33.3 Å². The van der Waals surface area contributed by atoms with Crippen molar-refractivity contribution >= 4 is 11.9 Å². The number of aryl methyl sites for hydroxylation is 3. The minimum atomic E-state index is -1.17. The van der Waals surface area contributed by atoms with E-state index >= 15 is 0 Å². The van der Waals surface area contributed by atoms with Crippen LogP contribution in [-0.4, -0.2) is 70.4 Å². The summed E-state index contributed by atoms with van der Waals surface area (Å²) in [5, 5.41) is 10.9. The SMILES string of the molecule is COCCN1CC(=O)N([C@H]2CC[C@H](Oc3cc(=O)n(C)cc3-c3cc(C(C)(C)O)ccc3Oc3c(C)cc(F)cc3C)CC2)C1=O. The molecule has 2 heterocycles. The van der Waals surface area contributed by atoms with E-state index in [1.807, 2.05) is 6.07 Å². The van der Waals surface area contributed by atoms with E-state index in [1.54, 1.807) is 60.2 Å². The number of urea groups is 1. The molecule has 1 aliphatic heterocycles. The lowest BCUT2D eigenvalue weighted by Crippen LogP contribution is -2.44. The van der Waals surface area contributed by atoms with Gasteiger partial charge in [0.15, 0.2) is 0 Å². The molecule has 5 rings (SSSR count). The lowest BCUT2D eigenvalue weighted by molar-refractivity contribution is -0.127. The average Bonchev–Trinajstić information content (AvgIpc) is 3.27. The lowest BCUT2D eigenvalue weighted by atomic mass is 9.91. The summed E-state index contributed by atoms with van der Waals surface area (Å²) in [6.07, 6.45) is 3.73. The summed E-state index contributed by atoms with van der Waals surface area (Å²) in [7, 11) is 3.20. The zero-order valence-electron chi connectivity index (χ0n) is 27.3. The predicted molar refractivity (Wildman–Crippen MR) is 171 cm³/mol. The normalized spacial score (nSPS) is 18.8. The van der Waals surface area contributed by atoms with E-state index in [0.717, 1.165) is 0 Å². The molecule has 1 N–H and O–H groups in total. The van der Waals surface area contributed by atoms with Crippen molar-refractivity contribution in [1.82, 2.24) is 14.4 Å². The number of benzene rings is 2. The molecule has 0 unspecified atom stereocenters. The molecular weight excluding hydrogens is 593 g/mol. The number of hydrogen-bond donors (Lipinski definition) is 1. The molecule has 2 fully saturated rings. The molecule has 11 heteroatoms. The van der Waals surface area contributed by atoms with Gasteiger partial charge in [0.25, 0.3) is 11.5 Å². The van der Waals surface area contributed by atoms with E-state index in [0.29, 0.717) is 83.9 Å². The molecule has 0 radical (unpaired) electrons. The lowest BCUT2D eigenvalue weighted by Gasteiger charge is -2.33. The number of aromatic nitrogens is 1. The maximum absolute atomic E-state index is 14.1. The topological polar surface area (TPSA) is 111 Å². The quantitative estimate of drug-likeness (QED) is 0.296. The Morgan fingerprint density at radius 2 is 1.63 bits per heavy atom. The first-order valence-electron chi connectivity index (χ1n) is 15.6. The number of aliphatic hydroxyl groups is 1. The van der Waals surface area contributed by atoms with Gasteiger partial charge in [-0.1, -0.05) is 6.07 Å². The van der Waals surface area contributed by atoms with Gasteiger partial charge >= 0.3 is 6.03 Å². The van der Waals surface area contributed by atoms with Crippen LogP contribution in [0.2, 0.25) is 0 Å². The third kappa shape index (κ3) is 6.95. The number of carbonyl (C=O) groups excluding carboxylic acids is 2. The first-order chi connectivity index (χ1) is 21.8. The van der Waals surface area contributed by atoms with Gasteiger partial charge in [-0.3, -0.25) is 14.5 Å². The zero-order chi connectivity index (χ0) is 33.3. The Morgan fingerprint density at radius 3 is 2.26 bits per heavy atom. The fraction of sp³-hybridized carbons (Fsp3) is 0.457. The summed E-state index contributed by atoms with van der Waals surface area (Å²) < 4.78 is 33.5. The largest absolute Gasteiger partial charge is 0.490 e. The monoisotopic (exact) mass is 635 g/mol. The van der Waals surface area contributed by atoms with E-state index in [1.165, 1.54) is 32.6 Å². The molecule has 10 nitrogen and oxygen atoms in total. The van der Waals surface area contributed by atoms with Crippen LogP contribution in [0.5, 0.6) is 17.2 Å². The number of amides is 3. The second-order valence-corrected chi connectivity index (χ2v) is 12.8. The number of rotatable bonds is 10. The highest BCUT2D eigenvalue weighted by Crippen LogP contribution is 2.42. The Morgan fingerprint density at radius 1 is 0.957 bits per heavy atom. The standard InChI is InChI=1S/C35H42FN3O7/c1-21-15-24(36)16-22(2)33(21)46-29-12-7-23(35(3,4)43)17-27(29)28-19-37(5)31(40)18-30(28)45-26-10-8-25(9-11-26)39-32(41)20-38(34(39)42)13-14-44-6/h7,12,15-19,25-26,43H,8-11,13-14,20H2,1-6H3/t25-,26-. The molecule has 3 amide bonds. The number of imide groups is 1. The van der Waals surface area contributed by atoms with Crippen molar-refractivity contribution in [2.45, 2.75) is 71.1 Å². The van der Waals surface area contributed by atoms with Crippen molar-refractivity contribution in [3.8, 4) is 28.4 Å². The highest BCUT2D eigenvalue weighted by atomic mass is 19.1. The summed E-state index contributed by atoms with van der Waals surface area (Å²) >= 11 is 0. The molecule has 2 aliphatic rings. The second-order valence-electron chi connectivity index (χ2n) is 12.8. The Kier molecular flexibility index (Phi) is 9.55. The van der Waals surface area contributed by atoms with Crippen LogP contribution in [0.3, 0.4) is 0 Å². The average molecular weight is 636 g/mol. The van der Waals surface area contributed by atoms with Crippen molar-refractivity contribution in [1.29, 1.82) is 0 Å². The van der Waals surface area contributed by atoms with E-state index in [9.17, 15) is 23.9 Å². The van der Waals surface area contributed by atoms with Gasteiger partial charge in [-0.15, -0.1) is 0 Å². The summed E-state index contributed by atoms with van der Waals surface area (Å²) in [5.41, 5.74) is 1.62. The predicted octanol–water partition coefficient (Wildman–Crippen LogP) is 5.43. The third-order valence-electron chi connectivity index (χ3n) is 8.74. The molecule has 0 bridgehead atoms. The van der Waals surface area contributed by atoms with E-state index < -0.39 is 5.60 Å². The summed E-state index contributed by atoms with van der Waals surface area (Å²) in [6.45, 7) is 7.69. The van der Waals surface area contributed by atoms with Crippen LogP contribution in [0, 0.1) is 19.7 Å². The molecule has 246 valence electrons. The van der Waals surface area contributed by atoms with Crippen LogP contribution in [-0.2, 0) is 22.2 Å². The van der Waals surface area contributed by atoms with Gasteiger partial charge in [-0.05, 0) is 94.3 Å². The van der Waals surface area contributed by atoms with Gasteiger partial charge in [-0.2, -0.15) is 0 Å². The molecule has 3 aromatic rings. The molecule has 46 heavy (non-hydrogen) atoms. The minimum absolute atomic E-state index is 0.0559. The minimum Gasteiger partial charge on any atom is -0.490 e. The molecule has 0 atom stereocenters. The van der Waals surface area contributed by atoms with Crippen molar-refractivity contribution in [3.05, 3.63) is 75.5 Å². The number of ether oxygens (including phenoxy) is 3. The van der Waals surface area contributed by atoms with Gasteiger partial charge < -0.3 is 28.8 Å². The molecule has 0 spiro atoms. The van der Waals surface area contributed by atoms with E-state index in [-0.39, 0.29) is 42.0 Å². The summed E-state index contributed by atoms with van der Waals surface area (Å²) in [5.74, 6) is 0.754. The van der Waals surface area contributed by atoms with Crippen molar-refractivity contribution in [2.24, 2.45) is 7.05 Å². The Bertz CT molecular complexity index is 1670. The van der Waals surface area contributed by atoms with Crippen molar-refractivity contribution in [2.75, 3.05) is 26.8 Å². The summed E-state index contributed by atoms with van der Waals surface area (Å²) in [6, 6.07) is 9.09. The smallest absolute Gasteiger partial charge is 0.327 e. The number of halogens is 1. The van der Waals surface area contributed by atoms with Crippen LogP contribution in [0.15, 0.2) is 47.4 Å². The van der Waals surface area contributed by atoms with Gasteiger partial charge in [-0.25, -0.2) is 9.18 Å². The van der Waals surface area contributed by atoms with Crippen molar-refractivity contribution in [3.63, 3.8) is 0 Å². The molecule has 1 aromatic heterocycles. The zero-order valence-corrected chi connectivity index (χ0v) is 27.3. The van der Waals surface area contributed by atoms with Crippen LogP contribution < -0.4 is 15.0 Å². The van der Waals surface area contributed by atoms with Gasteiger partial charge in [0.2, 0.25) is 0 Å². The highest BCUT2D eigenvalue weighted by molar-refractivity contribution is 6.02. The number of nitrogens with zero attached hydrogens (tertiary/aromatic N) is 3. The maximum Gasteiger partial charge on any atom is 0.327 e. The fourth-order valence-electron chi connectivity index (χ4n) is 6.19. The number of pyridine rings is 1. The molecule has 1 saturated carbocycles. The fourth-order valence-corrected chi connectivity index (χ4v) is 6.19. The van der Waals surface area contributed by atoms with Crippen LogP contribution in [0.4, 0.5) is 9.18 Å². The Balaban J connectivity index is 1.44. The van der Waals surface area contributed by atoms with Crippen LogP contribution in [0.25, 0.3) is 11.1 Å². The second kappa shape index (κ2) is 13.3. The van der Waals surface area contributed by atoms with Crippen LogP contribution in [0.1, 0.15) is 56.2 Å². The molecule has 1 aliphatic carbocycles. The maximum atomic E-state index is 14.1.